The molecule has 1 N–H and O–H groups in total. The van der Waals surface area contributed by atoms with Gasteiger partial charge in [0.1, 0.15) is 17.9 Å². The van der Waals surface area contributed by atoms with E-state index in [0.29, 0.717) is 17.8 Å². The lowest BCUT2D eigenvalue weighted by Crippen LogP contribution is -2.35. The van der Waals surface area contributed by atoms with Crippen molar-refractivity contribution in [2.45, 2.75) is 52.8 Å². The average molecular weight is 281 g/mol. The van der Waals surface area contributed by atoms with Crippen LogP contribution < -0.4 is 5.32 Å². The fourth-order valence-corrected chi connectivity index (χ4v) is 1.64. The summed E-state index contributed by atoms with van der Waals surface area (Å²) in [4.78, 5) is 22.8. The van der Waals surface area contributed by atoms with Crippen molar-refractivity contribution in [1.29, 1.82) is 0 Å². The zero-order valence-electron chi connectivity index (χ0n) is 12.7. The summed E-state index contributed by atoms with van der Waals surface area (Å²) in [6, 6.07) is -0.745. The highest BCUT2D eigenvalue weighted by Crippen LogP contribution is 2.13. The van der Waals surface area contributed by atoms with Crippen LogP contribution in [0.15, 0.2) is 12.4 Å². The maximum Gasteiger partial charge on any atom is 0.408 e. The molecule has 1 unspecified atom stereocenters. The summed E-state index contributed by atoms with van der Waals surface area (Å²) in [5.74, 6) is 0.455. The Hall–Kier alpha value is -1.85. The van der Waals surface area contributed by atoms with Gasteiger partial charge in [-0.05, 0) is 26.7 Å². The molecule has 1 heterocycles. The van der Waals surface area contributed by atoms with Gasteiger partial charge in [0.25, 0.3) is 0 Å². The summed E-state index contributed by atoms with van der Waals surface area (Å²) in [5.41, 5.74) is 0.0470. The Labute approximate surface area is 119 Å². The summed E-state index contributed by atoms with van der Waals surface area (Å²) in [6.07, 6.45) is 3.39. The number of aldehydes is 1. The number of nitrogens with zero attached hydrogens (tertiary/aromatic N) is 2. The Morgan fingerprint density at radius 2 is 2.15 bits per heavy atom. The van der Waals surface area contributed by atoms with Crippen LogP contribution in [0.1, 0.15) is 46.2 Å². The molecule has 1 atom stereocenters. The van der Waals surface area contributed by atoms with Crippen LogP contribution in [0.5, 0.6) is 0 Å². The third kappa shape index (κ3) is 5.42. The summed E-state index contributed by atoms with van der Waals surface area (Å²) in [6.45, 7) is 10.2. The van der Waals surface area contributed by atoms with Gasteiger partial charge in [-0.2, -0.15) is 5.10 Å². The number of nitrogens with one attached hydrogen (secondary N) is 1. The van der Waals surface area contributed by atoms with Crippen molar-refractivity contribution in [2.75, 3.05) is 0 Å². The van der Waals surface area contributed by atoms with Crippen LogP contribution in [0.4, 0.5) is 4.79 Å². The number of rotatable bonds is 5. The quantitative estimate of drug-likeness (QED) is 0.840. The summed E-state index contributed by atoms with van der Waals surface area (Å²) < 4.78 is 6.88. The van der Waals surface area contributed by atoms with Crippen LogP contribution in [-0.2, 0) is 16.1 Å². The molecule has 0 radical (unpaired) electrons. The minimum atomic E-state index is -0.745. The van der Waals surface area contributed by atoms with Crippen LogP contribution in [0.2, 0.25) is 0 Å². The number of hydrogen-bond donors (Lipinski definition) is 1. The van der Waals surface area contributed by atoms with Crippen molar-refractivity contribution in [3.63, 3.8) is 0 Å². The lowest BCUT2D eigenvalue weighted by atomic mass is 10.2. The molecule has 0 saturated carbocycles. The first-order valence-electron chi connectivity index (χ1n) is 6.68. The fraction of sp³-hybridized carbons (Fsp3) is 0.643. The Bertz CT molecular complexity index is 460. The molecule has 0 bridgehead atoms. The van der Waals surface area contributed by atoms with Gasteiger partial charge in [-0.25, -0.2) is 4.79 Å². The highest BCUT2D eigenvalue weighted by molar-refractivity contribution is 5.74. The number of aromatic nitrogens is 2. The standard InChI is InChI=1S/C14H23N3O3/c1-10(2)7-17-8-11(6-15-17)12(9-18)16-13(19)20-14(3,4)5/h6,8-10,12H,7H2,1-5H3,(H,16,19). The van der Waals surface area contributed by atoms with Gasteiger partial charge in [-0.1, -0.05) is 13.8 Å². The molecule has 1 amide bonds. The van der Waals surface area contributed by atoms with Crippen molar-refractivity contribution in [2.24, 2.45) is 5.92 Å². The summed E-state index contributed by atoms with van der Waals surface area (Å²) in [7, 11) is 0. The second-order valence-electron chi connectivity index (χ2n) is 6.15. The topological polar surface area (TPSA) is 73.2 Å². The van der Waals surface area contributed by atoms with Crippen molar-refractivity contribution in [3.8, 4) is 0 Å². The third-order valence-electron chi connectivity index (χ3n) is 2.37. The Balaban J connectivity index is 2.69. The van der Waals surface area contributed by atoms with Crippen LogP contribution >= 0.6 is 0 Å². The molecular formula is C14H23N3O3. The number of carbonyl (C=O) groups excluding carboxylic acids is 2. The molecule has 112 valence electrons. The number of carbonyl (C=O) groups is 2. The van der Waals surface area contributed by atoms with Gasteiger partial charge in [0, 0.05) is 18.3 Å². The van der Waals surface area contributed by atoms with Crippen molar-refractivity contribution in [3.05, 3.63) is 18.0 Å². The predicted octanol–water partition coefficient (Wildman–Crippen LogP) is 2.30. The smallest absolute Gasteiger partial charge is 0.408 e. The van der Waals surface area contributed by atoms with Crippen molar-refractivity contribution >= 4 is 12.4 Å². The molecule has 1 aromatic heterocycles. The zero-order chi connectivity index (χ0) is 15.3. The molecule has 0 aromatic carbocycles. The molecule has 0 spiro atoms. The normalized spacial score (nSPS) is 13.1. The van der Waals surface area contributed by atoms with E-state index in [2.05, 4.69) is 24.3 Å². The predicted molar refractivity (Wildman–Crippen MR) is 75.2 cm³/mol. The molecule has 1 aromatic rings. The van der Waals surface area contributed by atoms with Gasteiger partial charge >= 0.3 is 6.09 Å². The SMILES string of the molecule is CC(C)Cn1cc(C(C=O)NC(=O)OC(C)(C)C)cn1. The van der Waals surface area contributed by atoms with Crippen LogP contribution in [-0.4, -0.2) is 27.8 Å². The van der Waals surface area contributed by atoms with E-state index in [1.165, 1.54) is 0 Å². The van der Waals surface area contributed by atoms with Gasteiger partial charge < -0.3 is 14.8 Å². The van der Waals surface area contributed by atoms with Crippen LogP contribution in [0.25, 0.3) is 0 Å². The van der Waals surface area contributed by atoms with Gasteiger partial charge in [0.05, 0.1) is 6.20 Å². The van der Waals surface area contributed by atoms with E-state index in [-0.39, 0.29) is 0 Å². The number of ether oxygens (including phenoxy) is 1. The van der Waals surface area contributed by atoms with E-state index in [1.807, 2.05) is 0 Å². The molecular weight excluding hydrogens is 258 g/mol. The van der Waals surface area contributed by atoms with Gasteiger partial charge in [-0.15, -0.1) is 0 Å². The van der Waals surface area contributed by atoms with Gasteiger partial charge in [-0.3, -0.25) is 4.68 Å². The molecule has 0 aliphatic rings. The second kappa shape index (κ2) is 6.54. The minimum Gasteiger partial charge on any atom is -0.444 e. The Kier molecular flexibility index (Phi) is 5.30. The summed E-state index contributed by atoms with van der Waals surface area (Å²) in [5, 5.41) is 6.70. The zero-order valence-corrected chi connectivity index (χ0v) is 12.7. The van der Waals surface area contributed by atoms with E-state index >= 15 is 0 Å². The molecule has 6 heteroatoms. The number of hydrogen-bond acceptors (Lipinski definition) is 4. The van der Waals surface area contributed by atoms with Crippen LogP contribution in [0, 0.1) is 5.92 Å². The van der Waals surface area contributed by atoms with Gasteiger partial charge in [0.15, 0.2) is 0 Å². The maximum absolute atomic E-state index is 11.7. The number of amides is 1. The van der Waals surface area contributed by atoms with E-state index in [9.17, 15) is 9.59 Å². The second-order valence-corrected chi connectivity index (χ2v) is 6.15. The van der Waals surface area contributed by atoms with E-state index < -0.39 is 17.7 Å². The molecule has 6 nitrogen and oxygen atoms in total. The van der Waals surface area contributed by atoms with E-state index in [4.69, 9.17) is 4.74 Å². The highest BCUT2D eigenvalue weighted by atomic mass is 16.6. The average Bonchev–Trinajstić information content (AvgIpc) is 2.70. The van der Waals surface area contributed by atoms with Crippen molar-refractivity contribution < 1.29 is 14.3 Å². The molecule has 0 saturated heterocycles. The van der Waals surface area contributed by atoms with E-state index in [1.54, 1.807) is 37.8 Å². The van der Waals surface area contributed by atoms with Gasteiger partial charge in [0.2, 0.25) is 0 Å². The molecule has 0 aliphatic heterocycles. The first-order chi connectivity index (χ1) is 9.21. The number of alkyl carbamates (subject to hydrolysis) is 1. The van der Waals surface area contributed by atoms with Crippen LogP contribution in [0.3, 0.4) is 0 Å². The summed E-state index contributed by atoms with van der Waals surface area (Å²) >= 11 is 0. The van der Waals surface area contributed by atoms with E-state index in [0.717, 1.165) is 6.54 Å². The molecule has 20 heavy (non-hydrogen) atoms. The third-order valence-corrected chi connectivity index (χ3v) is 2.37. The highest BCUT2D eigenvalue weighted by Gasteiger charge is 2.21. The first kappa shape index (κ1) is 16.2. The lowest BCUT2D eigenvalue weighted by molar-refractivity contribution is -0.109. The largest absolute Gasteiger partial charge is 0.444 e. The molecule has 0 fully saturated rings. The fourth-order valence-electron chi connectivity index (χ4n) is 1.64. The monoisotopic (exact) mass is 281 g/mol. The Morgan fingerprint density at radius 1 is 1.50 bits per heavy atom. The molecule has 0 aliphatic carbocycles. The lowest BCUT2D eigenvalue weighted by Gasteiger charge is -2.21. The maximum atomic E-state index is 11.7. The van der Waals surface area contributed by atoms with Crippen molar-refractivity contribution in [1.82, 2.24) is 15.1 Å². The molecule has 1 rings (SSSR count). The Morgan fingerprint density at radius 3 is 2.65 bits per heavy atom. The first-order valence-corrected chi connectivity index (χ1v) is 6.68. The minimum absolute atomic E-state index is 0.455.